The van der Waals surface area contributed by atoms with Crippen LogP contribution in [-0.2, 0) is 6.42 Å². The van der Waals surface area contributed by atoms with E-state index in [1.165, 1.54) is 0 Å². The van der Waals surface area contributed by atoms with Crippen molar-refractivity contribution in [2.75, 3.05) is 0 Å². The highest BCUT2D eigenvalue weighted by Gasteiger charge is 2.10. The lowest BCUT2D eigenvalue weighted by Gasteiger charge is -2.04. The van der Waals surface area contributed by atoms with Gasteiger partial charge in [-0.1, -0.05) is 12.1 Å². The maximum absolute atomic E-state index is 4.72. The lowest BCUT2D eigenvalue weighted by atomic mass is 10.1. The van der Waals surface area contributed by atoms with Crippen molar-refractivity contribution >= 4 is 16.6 Å². The van der Waals surface area contributed by atoms with E-state index in [1.807, 2.05) is 40.9 Å². The first-order chi connectivity index (χ1) is 12.9. The van der Waals surface area contributed by atoms with Crippen LogP contribution in [0.3, 0.4) is 0 Å². The van der Waals surface area contributed by atoms with Gasteiger partial charge in [-0.25, -0.2) is 0 Å². The van der Waals surface area contributed by atoms with Crippen molar-refractivity contribution in [1.82, 2.24) is 29.8 Å². The summed E-state index contributed by atoms with van der Waals surface area (Å²) in [6.07, 6.45) is 5.98. The quantitative estimate of drug-likeness (QED) is 0.505. The monoisotopic (exact) mass is 338 g/mol. The fourth-order valence-corrected chi connectivity index (χ4v) is 3.04. The maximum Gasteiger partial charge on any atom is 0.177 e. The molecule has 0 aliphatic heterocycles. The molecule has 0 atom stereocenters. The summed E-state index contributed by atoms with van der Waals surface area (Å²) in [6.45, 7) is 0. The van der Waals surface area contributed by atoms with E-state index >= 15 is 0 Å². The maximum atomic E-state index is 4.72. The molecule has 5 aromatic rings. The van der Waals surface area contributed by atoms with Crippen LogP contribution >= 0.6 is 0 Å². The highest BCUT2D eigenvalue weighted by molar-refractivity contribution is 5.79. The molecule has 0 N–H and O–H groups in total. The molecule has 0 bridgehead atoms. The number of nitrogens with zero attached hydrogens (tertiary/aromatic N) is 6. The number of aromatic nitrogens is 6. The summed E-state index contributed by atoms with van der Waals surface area (Å²) in [6, 6.07) is 18.0. The van der Waals surface area contributed by atoms with Gasteiger partial charge in [0.25, 0.3) is 0 Å². The van der Waals surface area contributed by atoms with Gasteiger partial charge in [-0.2, -0.15) is 9.61 Å². The minimum Gasteiger partial charge on any atom is -0.265 e. The van der Waals surface area contributed by atoms with Crippen LogP contribution in [0, 0.1) is 0 Å². The Hall–Kier alpha value is -3.67. The Morgan fingerprint density at radius 2 is 1.77 bits per heavy atom. The zero-order valence-corrected chi connectivity index (χ0v) is 13.8. The van der Waals surface area contributed by atoms with E-state index in [0.717, 1.165) is 39.2 Å². The average molecular weight is 338 g/mol. The second kappa shape index (κ2) is 6.00. The van der Waals surface area contributed by atoms with Crippen molar-refractivity contribution in [2.45, 2.75) is 6.42 Å². The molecule has 6 nitrogen and oxygen atoms in total. The van der Waals surface area contributed by atoms with Gasteiger partial charge in [0.15, 0.2) is 11.5 Å². The smallest absolute Gasteiger partial charge is 0.177 e. The number of rotatable bonds is 3. The van der Waals surface area contributed by atoms with Crippen LogP contribution in [0.4, 0.5) is 0 Å². The van der Waals surface area contributed by atoms with Crippen molar-refractivity contribution in [3.8, 4) is 11.3 Å². The highest BCUT2D eigenvalue weighted by Crippen LogP contribution is 2.18. The molecule has 0 saturated heterocycles. The summed E-state index contributed by atoms with van der Waals surface area (Å²) in [5.41, 5.74) is 4.75. The number of hydrogen-bond acceptors (Lipinski definition) is 5. The molecule has 124 valence electrons. The third-order valence-corrected chi connectivity index (χ3v) is 4.33. The van der Waals surface area contributed by atoms with Crippen molar-refractivity contribution in [2.24, 2.45) is 0 Å². The molecule has 0 aliphatic carbocycles. The Balaban J connectivity index is 1.55. The number of benzene rings is 1. The predicted molar refractivity (Wildman–Crippen MR) is 98.6 cm³/mol. The van der Waals surface area contributed by atoms with Crippen LogP contribution in [0.1, 0.15) is 11.4 Å². The predicted octanol–water partition coefficient (Wildman–Crippen LogP) is 3.33. The first-order valence-electron chi connectivity index (χ1n) is 8.32. The molecule has 0 radical (unpaired) electrons. The topological polar surface area (TPSA) is 68.9 Å². The molecule has 4 heterocycles. The minimum atomic E-state index is 0.652. The summed E-state index contributed by atoms with van der Waals surface area (Å²) in [5, 5.41) is 14.4. The van der Waals surface area contributed by atoms with E-state index in [0.29, 0.717) is 6.42 Å². The largest absolute Gasteiger partial charge is 0.265 e. The molecule has 4 aromatic heterocycles. The van der Waals surface area contributed by atoms with E-state index in [1.54, 1.807) is 18.6 Å². The second-order valence-electron chi connectivity index (χ2n) is 6.05. The molecule has 26 heavy (non-hydrogen) atoms. The van der Waals surface area contributed by atoms with Crippen LogP contribution < -0.4 is 0 Å². The van der Waals surface area contributed by atoms with Crippen molar-refractivity contribution in [1.29, 1.82) is 0 Å². The first-order valence-corrected chi connectivity index (χ1v) is 8.32. The minimum absolute atomic E-state index is 0.652. The number of fused-ring (bicyclic) bond motifs is 2. The molecule has 5 rings (SSSR count). The van der Waals surface area contributed by atoms with Crippen molar-refractivity contribution in [3.63, 3.8) is 0 Å². The van der Waals surface area contributed by atoms with Gasteiger partial charge in [-0.3, -0.25) is 9.97 Å². The molecular weight excluding hydrogens is 324 g/mol. The number of pyridine rings is 2. The van der Waals surface area contributed by atoms with E-state index in [2.05, 4.69) is 38.4 Å². The molecule has 0 spiro atoms. The van der Waals surface area contributed by atoms with Crippen LogP contribution in [-0.4, -0.2) is 29.8 Å². The highest BCUT2D eigenvalue weighted by atomic mass is 15.4. The molecule has 0 amide bonds. The summed E-state index contributed by atoms with van der Waals surface area (Å²) in [7, 11) is 0. The van der Waals surface area contributed by atoms with Crippen LogP contribution in [0.2, 0.25) is 0 Å². The molecule has 0 unspecified atom stereocenters. The van der Waals surface area contributed by atoms with E-state index in [4.69, 9.17) is 5.10 Å². The summed E-state index contributed by atoms with van der Waals surface area (Å²) >= 11 is 0. The Kier molecular flexibility index (Phi) is 3.38. The summed E-state index contributed by atoms with van der Waals surface area (Å²) < 4.78 is 1.81. The summed E-state index contributed by atoms with van der Waals surface area (Å²) in [4.78, 5) is 8.42. The van der Waals surface area contributed by atoms with Gasteiger partial charge in [0, 0.05) is 36.0 Å². The zero-order valence-electron chi connectivity index (χ0n) is 13.8. The third-order valence-electron chi connectivity index (χ3n) is 4.33. The standard InChI is InChI=1S/C20H14N6/c1-2-16-12-14(3-4-17(16)22-9-1)13-20-24-23-19-6-5-18(25-26(19)20)15-7-10-21-11-8-15/h1-12H,13H2. The van der Waals surface area contributed by atoms with Crippen LogP contribution in [0.15, 0.2) is 73.2 Å². The van der Waals surface area contributed by atoms with Gasteiger partial charge >= 0.3 is 0 Å². The molecular formula is C20H14N6. The molecule has 6 heteroatoms. The van der Waals surface area contributed by atoms with Gasteiger partial charge in [-0.15, -0.1) is 10.2 Å². The fraction of sp³-hybridized carbons (Fsp3) is 0.0500. The SMILES string of the molecule is c1cnc2ccc(Cc3nnc4ccc(-c5ccncc5)nn34)cc2c1. The number of hydrogen-bond donors (Lipinski definition) is 0. The Morgan fingerprint density at radius 3 is 2.69 bits per heavy atom. The van der Waals surface area contributed by atoms with Crippen LogP contribution in [0.5, 0.6) is 0 Å². The average Bonchev–Trinajstić information content (AvgIpc) is 3.10. The van der Waals surface area contributed by atoms with Gasteiger partial charge in [0.1, 0.15) is 0 Å². The molecule has 0 aliphatic rings. The molecule has 1 aromatic carbocycles. The third kappa shape index (κ3) is 2.57. The first kappa shape index (κ1) is 14.7. The van der Waals surface area contributed by atoms with E-state index in [-0.39, 0.29) is 0 Å². The van der Waals surface area contributed by atoms with Crippen LogP contribution in [0.25, 0.3) is 27.8 Å². The van der Waals surface area contributed by atoms with Gasteiger partial charge in [0.05, 0.1) is 11.2 Å². The van der Waals surface area contributed by atoms with Crippen molar-refractivity contribution < 1.29 is 0 Å². The Labute approximate surface area is 149 Å². The fourth-order valence-electron chi connectivity index (χ4n) is 3.04. The Morgan fingerprint density at radius 1 is 0.846 bits per heavy atom. The Bertz CT molecular complexity index is 1210. The molecule has 0 fully saturated rings. The second-order valence-corrected chi connectivity index (χ2v) is 6.05. The lowest BCUT2D eigenvalue weighted by Crippen LogP contribution is -2.01. The zero-order chi connectivity index (χ0) is 17.3. The van der Waals surface area contributed by atoms with E-state index in [9.17, 15) is 0 Å². The van der Waals surface area contributed by atoms with E-state index < -0.39 is 0 Å². The normalized spacial score (nSPS) is 11.2. The van der Waals surface area contributed by atoms with Crippen molar-refractivity contribution in [3.05, 3.63) is 84.6 Å². The van der Waals surface area contributed by atoms with Gasteiger partial charge in [-0.05, 0) is 48.0 Å². The van der Waals surface area contributed by atoms with Gasteiger partial charge in [0.2, 0.25) is 0 Å². The lowest BCUT2D eigenvalue weighted by molar-refractivity contribution is 0.842. The molecule has 0 saturated carbocycles. The summed E-state index contributed by atoms with van der Waals surface area (Å²) in [5.74, 6) is 0.805. The van der Waals surface area contributed by atoms with Gasteiger partial charge < -0.3 is 0 Å².